The summed E-state index contributed by atoms with van der Waals surface area (Å²) >= 11 is 0. The fourth-order valence-corrected chi connectivity index (χ4v) is 5.04. The number of nitrogens with one attached hydrogen (secondary N) is 1. The maximum absolute atomic E-state index is 13.2. The molecule has 1 N–H and O–H groups in total. The van der Waals surface area contributed by atoms with Crippen molar-refractivity contribution in [2.75, 3.05) is 33.2 Å². The van der Waals surface area contributed by atoms with Crippen molar-refractivity contribution in [3.63, 3.8) is 0 Å². The zero-order chi connectivity index (χ0) is 20.6. The van der Waals surface area contributed by atoms with Gasteiger partial charge in [0, 0.05) is 19.6 Å². The minimum absolute atomic E-state index is 0.0780. The Morgan fingerprint density at radius 1 is 1.17 bits per heavy atom. The number of carbonyl (C=O) groups is 3. The van der Waals surface area contributed by atoms with E-state index in [1.54, 1.807) is 0 Å². The second kappa shape index (κ2) is 7.78. The Kier molecular flexibility index (Phi) is 5.34. The number of piperazine rings is 1. The Labute approximate surface area is 172 Å². The molecule has 3 aliphatic rings. The molecule has 2 heterocycles. The fraction of sp³-hybridized carbons (Fsp3) is 0.591. The Bertz CT molecular complexity index is 799. The van der Waals surface area contributed by atoms with Crippen LogP contribution in [0.5, 0.6) is 0 Å². The monoisotopic (exact) mass is 398 g/mol. The maximum Gasteiger partial charge on any atom is 0.325 e. The highest BCUT2D eigenvalue weighted by Crippen LogP contribution is 2.38. The number of imide groups is 1. The second-order valence-electron chi connectivity index (χ2n) is 8.72. The maximum atomic E-state index is 13.2. The number of hydrogen-bond donors (Lipinski definition) is 1. The van der Waals surface area contributed by atoms with E-state index in [0.29, 0.717) is 13.0 Å². The van der Waals surface area contributed by atoms with Gasteiger partial charge < -0.3 is 15.1 Å². The molecule has 1 aromatic rings. The molecular weight excluding hydrogens is 368 g/mol. The molecule has 0 bridgehead atoms. The summed E-state index contributed by atoms with van der Waals surface area (Å²) < 4.78 is 0. The highest BCUT2D eigenvalue weighted by Gasteiger charge is 2.55. The van der Waals surface area contributed by atoms with E-state index in [9.17, 15) is 14.4 Å². The summed E-state index contributed by atoms with van der Waals surface area (Å²) in [6, 6.07) is 9.44. The van der Waals surface area contributed by atoms with Crippen LogP contribution in [0, 0.1) is 5.92 Å². The van der Waals surface area contributed by atoms with Crippen LogP contribution in [0.3, 0.4) is 0 Å². The Hall–Kier alpha value is -2.41. The van der Waals surface area contributed by atoms with E-state index in [4.69, 9.17) is 0 Å². The molecule has 4 rings (SSSR count). The van der Waals surface area contributed by atoms with Gasteiger partial charge in [0.25, 0.3) is 5.91 Å². The van der Waals surface area contributed by atoms with Crippen LogP contribution in [-0.4, -0.2) is 71.3 Å². The Morgan fingerprint density at radius 2 is 1.93 bits per heavy atom. The molecule has 7 heteroatoms. The van der Waals surface area contributed by atoms with Crippen molar-refractivity contribution in [2.24, 2.45) is 5.92 Å². The largest absolute Gasteiger partial charge is 0.332 e. The molecule has 1 saturated carbocycles. The molecule has 1 aliphatic carbocycles. The molecule has 2 saturated heterocycles. The average molecular weight is 399 g/mol. The highest BCUT2D eigenvalue weighted by molar-refractivity contribution is 6.09. The van der Waals surface area contributed by atoms with Crippen LogP contribution in [0.1, 0.15) is 44.2 Å². The Balaban J connectivity index is 1.52. The van der Waals surface area contributed by atoms with Gasteiger partial charge in [-0.1, -0.05) is 50.1 Å². The molecule has 3 atom stereocenters. The quantitative estimate of drug-likeness (QED) is 0.791. The summed E-state index contributed by atoms with van der Waals surface area (Å²) in [5.41, 5.74) is 0.248. The molecule has 0 unspecified atom stereocenters. The lowest BCUT2D eigenvalue weighted by molar-refractivity contribution is -0.143. The molecule has 1 spiro atoms. The van der Waals surface area contributed by atoms with E-state index >= 15 is 0 Å². The van der Waals surface area contributed by atoms with Crippen LogP contribution in [0.2, 0.25) is 0 Å². The molecule has 29 heavy (non-hydrogen) atoms. The molecule has 2 aliphatic heterocycles. The van der Waals surface area contributed by atoms with Crippen molar-refractivity contribution in [3.8, 4) is 0 Å². The van der Waals surface area contributed by atoms with Crippen molar-refractivity contribution in [3.05, 3.63) is 35.9 Å². The van der Waals surface area contributed by atoms with Gasteiger partial charge in [-0.25, -0.2) is 4.79 Å². The second-order valence-corrected chi connectivity index (χ2v) is 8.72. The van der Waals surface area contributed by atoms with Crippen LogP contribution in [0.4, 0.5) is 4.79 Å². The summed E-state index contributed by atoms with van der Waals surface area (Å²) in [5, 5.41) is 2.94. The zero-order valence-electron chi connectivity index (χ0n) is 17.3. The summed E-state index contributed by atoms with van der Waals surface area (Å²) in [4.78, 5) is 44.2. The number of rotatable bonds is 3. The number of carbonyl (C=O) groups excluding carboxylic acids is 3. The number of urea groups is 1. The molecule has 1 aromatic carbocycles. The smallest absolute Gasteiger partial charge is 0.325 e. The third kappa shape index (κ3) is 3.52. The van der Waals surface area contributed by atoms with Gasteiger partial charge in [0.2, 0.25) is 5.91 Å². The summed E-state index contributed by atoms with van der Waals surface area (Å²) in [7, 11) is 2.05. The Morgan fingerprint density at radius 3 is 2.66 bits per heavy atom. The molecule has 0 aromatic heterocycles. The van der Waals surface area contributed by atoms with Gasteiger partial charge in [-0.05, 0) is 31.4 Å². The number of hydrogen-bond acceptors (Lipinski definition) is 4. The van der Waals surface area contributed by atoms with Gasteiger partial charge in [-0.3, -0.25) is 14.5 Å². The number of benzene rings is 1. The fourth-order valence-electron chi connectivity index (χ4n) is 5.04. The third-order valence-electron chi connectivity index (χ3n) is 6.88. The van der Waals surface area contributed by atoms with Crippen molar-refractivity contribution in [2.45, 2.75) is 44.2 Å². The van der Waals surface area contributed by atoms with E-state index in [1.807, 2.05) is 49.2 Å². The van der Waals surface area contributed by atoms with Gasteiger partial charge in [0.15, 0.2) is 0 Å². The topological polar surface area (TPSA) is 73.0 Å². The van der Waals surface area contributed by atoms with Crippen molar-refractivity contribution in [1.29, 1.82) is 0 Å². The molecule has 0 radical (unpaired) electrons. The molecule has 7 nitrogen and oxygen atoms in total. The van der Waals surface area contributed by atoms with Gasteiger partial charge in [0.1, 0.15) is 12.1 Å². The first-order valence-electron chi connectivity index (χ1n) is 10.6. The first kappa shape index (κ1) is 19.9. The number of likely N-dealkylation sites (N-methyl/N-ethyl adjacent to an activating group) is 1. The minimum Gasteiger partial charge on any atom is -0.332 e. The summed E-state index contributed by atoms with van der Waals surface area (Å²) in [6.45, 7) is 3.92. The highest BCUT2D eigenvalue weighted by atomic mass is 16.2. The van der Waals surface area contributed by atoms with Gasteiger partial charge in [-0.2, -0.15) is 0 Å². The first-order valence-corrected chi connectivity index (χ1v) is 10.6. The van der Waals surface area contributed by atoms with E-state index in [2.05, 4.69) is 10.2 Å². The SMILES string of the molecule is C[C@@H]1CCCC[C@@]12NC(=O)N(CC(=O)N1CCN(C)C[C@@H]1c1ccccc1)C2=O. The molecule has 156 valence electrons. The van der Waals surface area contributed by atoms with Crippen molar-refractivity contribution < 1.29 is 14.4 Å². The standard InChI is InChI=1S/C22H30N4O3/c1-16-8-6-7-11-22(16)20(28)26(21(29)23-22)15-19(27)25-13-12-24(2)14-18(25)17-9-4-3-5-10-17/h3-5,9-10,16,18H,6-8,11-15H2,1-2H3,(H,23,29)/t16-,18-,22-/m1/s1. The molecular formula is C22H30N4O3. The average Bonchev–Trinajstić information content (AvgIpc) is 2.95. The number of amides is 4. The first-order chi connectivity index (χ1) is 13.9. The minimum atomic E-state index is -0.823. The van der Waals surface area contributed by atoms with Crippen LogP contribution in [0.25, 0.3) is 0 Å². The van der Waals surface area contributed by atoms with Crippen LogP contribution >= 0.6 is 0 Å². The summed E-state index contributed by atoms with van der Waals surface area (Å²) in [5.74, 6) is -0.307. The predicted octanol–water partition coefficient (Wildman–Crippen LogP) is 2.00. The van der Waals surface area contributed by atoms with E-state index in [1.165, 1.54) is 0 Å². The van der Waals surface area contributed by atoms with Gasteiger partial charge >= 0.3 is 6.03 Å². The molecule has 3 fully saturated rings. The predicted molar refractivity (Wildman–Crippen MR) is 109 cm³/mol. The van der Waals surface area contributed by atoms with Crippen LogP contribution < -0.4 is 5.32 Å². The lowest BCUT2D eigenvalue weighted by Crippen LogP contribution is -2.55. The van der Waals surface area contributed by atoms with Crippen LogP contribution in [0.15, 0.2) is 30.3 Å². The van der Waals surface area contributed by atoms with Gasteiger partial charge in [0.05, 0.1) is 6.04 Å². The van der Waals surface area contributed by atoms with E-state index in [-0.39, 0.29) is 30.3 Å². The lowest BCUT2D eigenvalue weighted by Gasteiger charge is -2.41. The van der Waals surface area contributed by atoms with E-state index < -0.39 is 11.6 Å². The molecule has 4 amide bonds. The zero-order valence-corrected chi connectivity index (χ0v) is 17.3. The van der Waals surface area contributed by atoms with Crippen LogP contribution in [-0.2, 0) is 9.59 Å². The van der Waals surface area contributed by atoms with Crippen molar-refractivity contribution >= 4 is 17.8 Å². The third-order valence-corrected chi connectivity index (χ3v) is 6.88. The lowest BCUT2D eigenvalue weighted by atomic mass is 9.73. The van der Waals surface area contributed by atoms with Gasteiger partial charge in [-0.15, -0.1) is 0 Å². The van der Waals surface area contributed by atoms with E-state index in [0.717, 1.165) is 42.8 Å². The normalized spacial score (nSPS) is 30.7. The van der Waals surface area contributed by atoms with Crippen molar-refractivity contribution in [1.82, 2.24) is 20.0 Å². The number of nitrogens with zero attached hydrogens (tertiary/aromatic N) is 3. The summed E-state index contributed by atoms with van der Waals surface area (Å²) in [6.07, 6.45) is 3.57.